The Morgan fingerprint density at radius 3 is 2.47 bits per heavy atom. The monoisotopic (exact) mass is 262 g/mol. The molecule has 1 amide bonds. The molecule has 0 aliphatic carbocycles. The topological polar surface area (TPSA) is 55.1 Å². The Balaban J connectivity index is 2.40. The highest BCUT2D eigenvalue weighted by Gasteiger charge is 2.17. The van der Waals surface area contributed by atoms with Crippen LogP contribution >= 0.6 is 0 Å². The number of carbonyl (C=O) groups is 1. The van der Waals surface area contributed by atoms with Crippen LogP contribution in [0, 0.1) is 5.92 Å². The van der Waals surface area contributed by atoms with Crippen molar-refractivity contribution < 1.29 is 4.79 Å². The van der Waals surface area contributed by atoms with Crippen LogP contribution < -0.4 is 11.1 Å². The van der Waals surface area contributed by atoms with Crippen LogP contribution in [0.4, 0.5) is 0 Å². The lowest BCUT2D eigenvalue weighted by atomic mass is 9.99. The van der Waals surface area contributed by atoms with Gasteiger partial charge in [-0.15, -0.1) is 0 Å². The molecular formula is C16H26N2O. The van der Waals surface area contributed by atoms with Crippen molar-refractivity contribution in [1.82, 2.24) is 5.32 Å². The van der Waals surface area contributed by atoms with Crippen LogP contribution in [-0.4, -0.2) is 18.0 Å². The first kappa shape index (κ1) is 15.7. The molecule has 1 aromatic rings. The largest absolute Gasteiger partial charge is 0.352 e. The van der Waals surface area contributed by atoms with Crippen molar-refractivity contribution in [2.45, 2.75) is 52.1 Å². The number of benzene rings is 1. The maximum absolute atomic E-state index is 12.0. The Morgan fingerprint density at radius 2 is 1.89 bits per heavy atom. The van der Waals surface area contributed by atoms with Gasteiger partial charge in [-0.3, -0.25) is 4.79 Å². The number of carbonyl (C=O) groups excluding carboxylic acids is 1. The quantitative estimate of drug-likeness (QED) is 0.793. The average molecular weight is 262 g/mol. The van der Waals surface area contributed by atoms with E-state index in [1.165, 1.54) is 0 Å². The van der Waals surface area contributed by atoms with Gasteiger partial charge in [0, 0.05) is 6.04 Å². The fourth-order valence-electron chi connectivity index (χ4n) is 2.14. The number of hydrogen-bond donors (Lipinski definition) is 2. The molecular weight excluding hydrogens is 236 g/mol. The van der Waals surface area contributed by atoms with E-state index in [2.05, 4.69) is 19.2 Å². The second-order valence-corrected chi connectivity index (χ2v) is 5.45. The lowest BCUT2D eigenvalue weighted by molar-refractivity contribution is -0.123. The number of hydrogen-bond acceptors (Lipinski definition) is 2. The van der Waals surface area contributed by atoms with E-state index < -0.39 is 6.04 Å². The van der Waals surface area contributed by atoms with Crippen molar-refractivity contribution in [2.75, 3.05) is 0 Å². The Kier molecular flexibility index (Phi) is 6.57. The zero-order chi connectivity index (χ0) is 14.3. The summed E-state index contributed by atoms with van der Waals surface area (Å²) in [6.45, 7) is 6.41. The first-order valence-corrected chi connectivity index (χ1v) is 7.12. The number of rotatable bonds is 7. The van der Waals surface area contributed by atoms with Gasteiger partial charge in [0.1, 0.15) is 0 Å². The fraction of sp³-hybridized carbons (Fsp3) is 0.562. The molecule has 0 saturated carbocycles. The van der Waals surface area contributed by atoms with Gasteiger partial charge in [-0.25, -0.2) is 0 Å². The second-order valence-electron chi connectivity index (χ2n) is 5.45. The molecule has 19 heavy (non-hydrogen) atoms. The van der Waals surface area contributed by atoms with E-state index >= 15 is 0 Å². The molecule has 0 heterocycles. The molecule has 0 fully saturated rings. The van der Waals surface area contributed by atoms with E-state index in [1.807, 2.05) is 37.3 Å². The van der Waals surface area contributed by atoms with Crippen molar-refractivity contribution in [3.05, 3.63) is 35.9 Å². The lowest BCUT2D eigenvalue weighted by Gasteiger charge is -2.20. The second kappa shape index (κ2) is 7.95. The minimum absolute atomic E-state index is 0.0559. The van der Waals surface area contributed by atoms with E-state index in [0.29, 0.717) is 12.3 Å². The van der Waals surface area contributed by atoms with Gasteiger partial charge in [0.05, 0.1) is 6.04 Å². The minimum Gasteiger partial charge on any atom is -0.352 e. The molecule has 3 nitrogen and oxygen atoms in total. The third kappa shape index (κ3) is 5.88. The minimum atomic E-state index is -0.471. The molecule has 0 bridgehead atoms. The van der Waals surface area contributed by atoms with Gasteiger partial charge in [0.25, 0.3) is 0 Å². The third-order valence-corrected chi connectivity index (χ3v) is 3.48. The molecule has 1 aromatic carbocycles. The molecule has 3 unspecified atom stereocenters. The first-order valence-electron chi connectivity index (χ1n) is 7.12. The zero-order valence-corrected chi connectivity index (χ0v) is 12.2. The molecule has 0 aliphatic heterocycles. The molecule has 0 aliphatic rings. The number of nitrogens with two attached hydrogens (primary N) is 1. The van der Waals surface area contributed by atoms with E-state index in [-0.39, 0.29) is 11.9 Å². The van der Waals surface area contributed by atoms with Gasteiger partial charge < -0.3 is 11.1 Å². The number of amides is 1. The number of nitrogens with one attached hydrogen (secondary N) is 1. The van der Waals surface area contributed by atoms with Crippen molar-refractivity contribution in [3.63, 3.8) is 0 Å². The van der Waals surface area contributed by atoms with Crippen LogP contribution in [0.5, 0.6) is 0 Å². The summed E-state index contributed by atoms with van der Waals surface area (Å²) in [6, 6.07) is 9.59. The van der Waals surface area contributed by atoms with Gasteiger partial charge in [-0.1, -0.05) is 50.6 Å². The summed E-state index contributed by atoms with van der Waals surface area (Å²) in [5.41, 5.74) is 7.05. The van der Waals surface area contributed by atoms with Crippen LogP contribution in [0.1, 0.15) is 39.2 Å². The molecule has 3 atom stereocenters. The van der Waals surface area contributed by atoms with Gasteiger partial charge in [0.2, 0.25) is 5.91 Å². The van der Waals surface area contributed by atoms with Gasteiger partial charge in [-0.2, -0.15) is 0 Å². The van der Waals surface area contributed by atoms with E-state index in [1.54, 1.807) is 0 Å². The summed E-state index contributed by atoms with van der Waals surface area (Å²) in [5.74, 6) is 0.570. The van der Waals surface area contributed by atoms with Crippen molar-refractivity contribution >= 4 is 5.91 Å². The van der Waals surface area contributed by atoms with Gasteiger partial charge in [-0.05, 0) is 31.2 Å². The standard InChI is InChI=1S/C16H26N2O/c1-4-12(2)10-13(3)18-16(19)15(17)11-14-8-6-5-7-9-14/h5-9,12-13,15H,4,10-11,17H2,1-3H3,(H,18,19). The summed E-state index contributed by atoms with van der Waals surface area (Å²) in [7, 11) is 0. The molecule has 0 aromatic heterocycles. The molecule has 106 valence electrons. The summed E-state index contributed by atoms with van der Waals surface area (Å²) in [4.78, 5) is 12.0. The highest BCUT2D eigenvalue weighted by molar-refractivity contribution is 5.82. The van der Waals surface area contributed by atoms with Crippen molar-refractivity contribution in [1.29, 1.82) is 0 Å². The Bertz CT molecular complexity index is 378. The van der Waals surface area contributed by atoms with Gasteiger partial charge >= 0.3 is 0 Å². The van der Waals surface area contributed by atoms with Crippen LogP contribution in [0.3, 0.4) is 0 Å². The summed E-state index contributed by atoms with van der Waals surface area (Å²) >= 11 is 0. The molecule has 3 heteroatoms. The van der Waals surface area contributed by atoms with Crippen LogP contribution in [0.15, 0.2) is 30.3 Å². The molecule has 0 saturated heterocycles. The maximum atomic E-state index is 12.0. The fourth-order valence-corrected chi connectivity index (χ4v) is 2.14. The Morgan fingerprint density at radius 1 is 1.26 bits per heavy atom. The van der Waals surface area contributed by atoms with Crippen molar-refractivity contribution in [2.24, 2.45) is 11.7 Å². The predicted molar refractivity (Wildman–Crippen MR) is 79.8 cm³/mol. The highest BCUT2D eigenvalue weighted by Crippen LogP contribution is 2.09. The Hall–Kier alpha value is -1.35. The first-order chi connectivity index (χ1) is 9.02. The third-order valence-electron chi connectivity index (χ3n) is 3.48. The van der Waals surface area contributed by atoms with E-state index in [9.17, 15) is 4.79 Å². The van der Waals surface area contributed by atoms with Crippen LogP contribution in [0.25, 0.3) is 0 Å². The highest BCUT2D eigenvalue weighted by atomic mass is 16.2. The SMILES string of the molecule is CCC(C)CC(C)NC(=O)C(N)Cc1ccccc1. The smallest absolute Gasteiger partial charge is 0.237 e. The van der Waals surface area contributed by atoms with Crippen molar-refractivity contribution in [3.8, 4) is 0 Å². The Labute approximate surface area is 116 Å². The van der Waals surface area contributed by atoms with Gasteiger partial charge in [0.15, 0.2) is 0 Å². The summed E-state index contributed by atoms with van der Waals surface area (Å²) < 4.78 is 0. The lowest BCUT2D eigenvalue weighted by Crippen LogP contribution is -2.45. The van der Waals surface area contributed by atoms with E-state index in [0.717, 1.165) is 18.4 Å². The zero-order valence-electron chi connectivity index (χ0n) is 12.2. The maximum Gasteiger partial charge on any atom is 0.237 e. The normalized spacial score (nSPS) is 15.6. The average Bonchev–Trinajstić information content (AvgIpc) is 2.39. The molecule has 1 rings (SSSR count). The summed E-state index contributed by atoms with van der Waals surface area (Å²) in [5, 5.41) is 3.00. The van der Waals surface area contributed by atoms with E-state index in [4.69, 9.17) is 5.73 Å². The molecule has 0 radical (unpaired) electrons. The molecule has 0 spiro atoms. The predicted octanol–water partition coefficient (Wildman–Crippen LogP) is 2.50. The van der Waals surface area contributed by atoms with Crippen LogP contribution in [-0.2, 0) is 11.2 Å². The summed E-state index contributed by atoms with van der Waals surface area (Å²) in [6.07, 6.45) is 2.72. The van der Waals surface area contributed by atoms with Crippen LogP contribution in [0.2, 0.25) is 0 Å². The molecule has 3 N–H and O–H groups in total.